The third-order valence-corrected chi connectivity index (χ3v) is 2.73. The summed E-state index contributed by atoms with van der Waals surface area (Å²) in [5, 5.41) is 3.28. The van der Waals surface area contributed by atoms with Gasteiger partial charge in [0.1, 0.15) is 0 Å². The minimum Gasteiger partial charge on any atom is -0.378 e. The van der Waals surface area contributed by atoms with E-state index in [2.05, 4.69) is 19.2 Å². The molecule has 0 aliphatic heterocycles. The van der Waals surface area contributed by atoms with Crippen LogP contribution in [-0.2, 0) is 14.3 Å². The van der Waals surface area contributed by atoms with Gasteiger partial charge in [0, 0.05) is 31.6 Å². The number of amides is 1. The van der Waals surface area contributed by atoms with Crippen LogP contribution >= 0.6 is 0 Å². The van der Waals surface area contributed by atoms with Crippen molar-refractivity contribution in [2.75, 3.05) is 46.6 Å². The van der Waals surface area contributed by atoms with E-state index in [0.29, 0.717) is 39.0 Å². The van der Waals surface area contributed by atoms with Gasteiger partial charge in [-0.3, -0.25) is 4.79 Å². The highest BCUT2D eigenvalue weighted by atomic mass is 16.5. The van der Waals surface area contributed by atoms with Crippen molar-refractivity contribution in [3.8, 4) is 0 Å². The molecular formula is C15H32N2O3. The first-order chi connectivity index (χ1) is 9.25. The van der Waals surface area contributed by atoms with Crippen molar-refractivity contribution in [3.63, 3.8) is 0 Å². The predicted octanol–water partition coefficient (Wildman–Crippen LogP) is 1.52. The van der Waals surface area contributed by atoms with Crippen molar-refractivity contribution < 1.29 is 14.3 Å². The molecule has 5 nitrogen and oxygen atoms in total. The van der Waals surface area contributed by atoms with Gasteiger partial charge in [0.2, 0.25) is 5.91 Å². The van der Waals surface area contributed by atoms with Crippen LogP contribution in [0, 0.1) is 5.41 Å². The quantitative estimate of drug-likeness (QED) is 0.619. The average molecular weight is 288 g/mol. The SMILES string of the molecule is CC(C)NCCOCCOCCN(C)C(=O)C(C)(C)C. The van der Waals surface area contributed by atoms with Crippen molar-refractivity contribution in [2.45, 2.75) is 40.7 Å². The number of carbonyl (C=O) groups excluding carboxylic acids is 1. The largest absolute Gasteiger partial charge is 0.378 e. The Hall–Kier alpha value is -0.650. The summed E-state index contributed by atoms with van der Waals surface area (Å²) in [6, 6.07) is 0.491. The van der Waals surface area contributed by atoms with Crippen LogP contribution in [0.25, 0.3) is 0 Å². The maximum absolute atomic E-state index is 11.9. The van der Waals surface area contributed by atoms with Gasteiger partial charge in [0.25, 0.3) is 0 Å². The molecule has 0 rings (SSSR count). The average Bonchev–Trinajstić information content (AvgIpc) is 2.34. The summed E-state index contributed by atoms with van der Waals surface area (Å²) in [5.41, 5.74) is -0.332. The van der Waals surface area contributed by atoms with Crippen molar-refractivity contribution in [1.29, 1.82) is 0 Å². The zero-order valence-electron chi connectivity index (χ0n) is 14.0. The molecule has 0 aliphatic rings. The standard InChI is InChI=1S/C15H32N2O3/c1-13(2)16-7-9-19-11-12-20-10-8-17(6)14(18)15(3,4)5/h13,16H,7-12H2,1-6H3. The van der Waals surface area contributed by atoms with Gasteiger partial charge in [-0.25, -0.2) is 0 Å². The summed E-state index contributed by atoms with van der Waals surface area (Å²) in [7, 11) is 1.81. The molecule has 1 amide bonds. The second kappa shape index (κ2) is 10.1. The molecule has 0 unspecified atom stereocenters. The number of likely N-dealkylation sites (N-methyl/N-ethyl adjacent to an activating group) is 1. The van der Waals surface area contributed by atoms with Gasteiger partial charge in [-0.15, -0.1) is 0 Å². The first-order valence-corrected chi connectivity index (χ1v) is 7.39. The van der Waals surface area contributed by atoms with Crippen LogP contribution in [0.4, 0.5) is 0 Å². The lowest BCUT2D eigenvalue weighted by Crippen LogP contribution is -2.38. The van der Waals surface area contributed by atoms with Crippen LogP contribution in [0.15, 0.2) is 0 Å². The van der Waals surface area contributed by atoms with E-state index in [-0.39, 0.29) is 11.3 Å². The Morgan fingerprint density at radius 2 is 1.65 bits per heavy atom. The maximum Gasteiger partial charge on any atom is 0.227 e. The summed E-state index contributed by atoms with van der Waals surface area (Å²) < 4.78 is 10.9. The third-order valence-electron chi connectivity index (χ3n) is 2.73. The molecule has 5 heteroatoms. The molecule has 0 spiro atoms. The third kappa shape index (κ3) is 10.2. The topological polar surface area (TPSA) is 50.8 Å². The molecule has 120 valence electrons. The molecule has 0 atom stereocenters. The molecule has 0 bridgehead atoms. The van der Waals surface area contributed by atoms with Gasteiger partial charge in [0.15, 0.2) is 0 Å². The van der Waals surface area contributed by atoms with Gasteiger partial charge >= 0.3 is 0 Å². The van der Waals surface area contributed by atoms with Crippen molar-refractivity contribution in [2.24, 2.45) is 5.41 Å². The number of nitrogens with one attached hydrogen (secondary N) is 1. The fourth-order valence-electron chi connectivity index (χ4n) is 1.62. The number of hydrogen-bond acceptors (Lipinski definition) is 4. The van der Waals surface area contributed by atoms with Gasteiger partial charge in [-0.2, -0.15) is 0 Å². The second-order valence-corrected chi connectivity index (χ2v) is 6.31. The molecule has 0 aromatic rings. The van der Waals surface area contributed by atoms with Gasteiger partial charge in [-0.1, -0.05) is 34.6 Å². The fourth-order valence-corrected chi connectivity index (χ4v) is 1.62. The second-order valence-electron chi connectivity index (χ2n) is 6.31. The number of nitrogens with zero attached hydrogens (tertiary/aromatic N) is 1. The van der Waals surface area contributed by atoms with Crippen LogP contribution in [-0.4, -0.2) is 63.4 Å². The minimum absolute atomic E-state index is 0.136. The minimum atomic E-state index is -0.332. The summed E-state index contributed by atoms with van der Waals surface area (Å²) >= 11 is 0. The normalized spacial score (nSPS) is 11.9. The van der Waals surface area contributed by atoms with Crippen molar-refractivity contribution >= 4 is 5.91 Å². The molecule has 1 N–H and O–H groups in total. The van der Waals surface area contributed by atoms with E-state index in [0.717, 1.165) is 6.54 Å². The number of ether oxygens (including phenoxy) is 2. The van der Waals surface area contributed by atoms with Crippen LogP contribution in [0.3, 0.4) is 0 Å². The van der Waals surface area contributed by atoms with Crippen molar-refractivity contribution in [1.82, 2.24) is 10.2 Å². The smallest absolute Gasteiger partial charge is 0.227 e. The molecule has 20 heavy (non-hydrogen) atoms. The van der Waals surface area contributed by atoms with E-state index in [1.807, 2.05) is 27.8 Å². The van der Waals surface area contributed by atoms with E-state index in [1.54, 1.807) is 4.90 Å². The summed E-state index contributed by atoms with van der Waals surface area (Å²) in [4.78, 5) is 13.6. The van der Waals surface area contributed by atoms with Gasteiger partial charge < -0.3 is 19.7 Å². The summed E-state index contributed by atoms with van der Waals surface area (Å²) in [6.07, 6.45) is 0. The summed E-state index contributed by atoms with van der Waals surface area (Å²) in [5.74, 6) is 0.136. The monoisotopic (exact) mass is 288 g/mol. The highest BCUT2D eigenvalue weighted by Crippen LogP contribution is 2.15. The number of carbonyl (C=O) groups is 1. The first-order valence-electron chi connectivity index (χ1n) is 7.39. The Bertz CT molecular complexity index is 262. The Labute approximate surface area is 124 Å². The van der Waals surface area contributed by atoms with E-state index >= 15 is 0 Å². The van der Waals surface area contributed by atoms with Crippen LogP contribution in [0.2, 0.25) is 0 Å². The van der Waals surface area contributed by atoms with E-state index in [1.165, 1.54) is 0 Å². The molecule has 0 saturated carbocycles. The molecule has 0 aromatic heterocycles. The molecule has 0 heterocycles. The van der Waals surface area contributed by atoms with Gasteiger partial charge in [0.05, 0.1) is 26.4 Å². The fraction of sp³-hybridized carbons (Fsp3) is 0.933. The highest BCUT2D eigenvalue weighted by molar-refractivity contribution is 5.81. The zero-order valence-corrected chi connectivity index (χ0v) is 14.0. The van der Waals surface area contributed by atoms with Crippen molar-refractivity contribution in [3.05, 3.63) is 0 Å². The lowest BCUT2D eigenvalue weighted by Gasteiger charge is -2.25. The number of rotatable bonds is 10. The number of hydrogen-bond donors (Lipinski definition) is 1. The van der Waals surface area contributed by atoms with E-state index in [9.17, 15) is 4.79 Å². The van der Waals surface area contributed by atoms with Crippen LogP contribution in [0.5, 0.6) is 0 Å². The Balaban J connectivity index is 3.42. The first kappa shape index (κ1) is 19.4. The Kier molecular flexibility index (Phi) is 9.80. The highest BCUT2D eigenvalue weighted by Gasteiger charge is 2.24. The molecular weight excluding hydrogens is 256 g/mol. The Morgan fingerprint density at radius 3 is 2.15 bits per heavy atom. The van der Waals surface area contributed by atoms with Gasteiger partial charge in [-0.05, 0) is 0 Å². The lowest BCUT2D eigenvalue weighted by atomic mass is 9.95. The molecule has 0 radical (unpaired) electrons. The summed E-state index contributed by atoms with van der Waals surface area (Å²) in [6.45, 7) is 13.9. The van der Waals surface area contributed by atoms with E-state index < -0.39 is 0 Å². The molecule has 0 saturated heterocycles. The molecule has 0 aliphatic carbocycles. The lowest BCUT2D eigenvalue weighted by molar-refractivity contribution is -0.138. The van der Waals surface area contributed by atoms with Crippen LogP contribution in [0.1, 0.15) is 34.6 Å². The van der Waals surface area contributed by atoms with Crippen LogP contribution < -0.4 is 5.32 Å². The van der Waals surface area contributed by atoms with E-state index in [4.69, 9.17) is 9.47 Å². The zero-order chi connectivity index (χ0) is 15.6. The predicted molar refractivity (Wildman–Crippen MR) is 81.9 cm³/mol. The Morgan fingerprint density at radius 1 is 1.10 bits per heavy atom. The molecule has 0 fully saturated rings. The molecule has 0 aromatic carbocycles. The maximum atomic E-state index is 11.9.